The molecule has 6 heteroatoms. The molecular formula is C17H20N2O3S. The highest BCUT2D eigenvalue weighted by molar-refractivity contribution is 7.89. The molecule has 0 aromatic heterocycles. The van der Waals surface area contributed by atoms with E-state index in [-0.39, 0.29) is 21.8 Å². The highest BCUT2D eigenvalue weighted by Gasteiger charge is 2.14. The summed E-state index contributed by atoms with van der Waals surface area (Å²) >= 11 is 0. The lowest BCUT2D eigenvalue weighted by molar-refractivity contribution is 0.102. The molecule has 0 aliphatic heterocycles. The van der Waals surface area contributed by atoms with Crippen molar-refractivity contribution in [3.8, 4) is 0 Å². The Kier molecular flexibility index (Phi) is 4.58. The van der Waals surface area contributed by atoms with Crippen LogP contribution in [0, 0.1) is 0 Å². The highest BCUT2D eigenvalue weighted by atomic mass is 32.2. The van der Waals surface area contributed by atoms with E-state index in [0.717, 1.165) is 5.56 Å². The zero-order valence-electron chi connectivity index (χ0n) is 13.3. The van der Waals surface area contributed by atoms with Crippen LogP contribution in [0.25, 0.3) is 0 Å². The van der Waals surface area contributed by atoms with Crippen molar-refractivity contribution in [2.45, 2.75) is 31.1 Å². The zero-order valence-corrected chi connectivity index (χ0v) is 14.1. The summed E-state index contributed by atoms with van der Waals surface area (Å²) in [6.07, 6.45) is 0. The van der Waals surface area contributed by atoms with Crippen LogP contribution in [-0.4, -0.2) is 14.3 Å². The summed E-state index contributed by atoms with van der Waals surface area (Å²) < 4.78 is 22.7. The number of nitrogens with one attached hydrogen (secondary N) is 1. The van der Waals surface area contributed by atoms with E-state index in [0.29, 0.717) is 5.69 Å². The average Bonchev–Trinajstić information content (AvgIpc) is 2.46. The first-order valence-electron chi connectivity index (χ1n) is 7.12. The Bertz CT molecular complexity index is 820. The summed E-state index contributed by atoms with van der Waals surface area (Å²) in [5.74, 6) is -0.390. The van der Waals surface area contributed by atoms with Crippen molar-refractivity contribution in [2.24, 2.45) is 5.14 Å². The number of nitrogens with two attached hydrogens (primary N) is 1. The summed E-state index contributed by atoms with van der Waals surface area (Å²) in [6, 6.07) is 13.2. The molecule has 0 aliphatic rings. The van der Waals surface area contributed by atoms with Crippen molar-refractivity contribution < 1.29 is 13.2 Å². The lowest BCUT2D eigenvalue weighted by atomic mass is 9.87. The van der Waals surface area contributed by atoms with Gasteiger partial charge in [-0.25, -0.2) is 13.6 Å². The van der Waals surface area contributed by atoms with Crippen LogP contribution in [-0.2, 0) is 15.4 Å². The van der Waals surface area contributed by atoms with Crippen molar-refractivity contribution in [1.29, 1.82) is 0 Å². The van der Waals surface area contributed by atoms with Gasteiger partial charge in [0.05, 0.1) is 4.90 Å². The summed E-state index contributed by atoms with van der Waals surface area (Å²) in [6.45, 7) is 6.33. The van der Waals surface area contributed by atoms with Gasteiger partial charge >= 0.3 is 0 Å². The molecule has 0 spiro atoms. The Morgan fingerprint density at radius 2 is 1.65 bits per heavy atom. The van der Waals surface area contributed by atoms with Gasteiger partial charge in [0.1, 0.15) is 0 Å². The first kappa shape index (κ1) is 17.2. The number of carbonyl (C=O) groups is 1. The van der Waals surface area contributed by atoms with Crippen LogP contribution in [0.3, 0.4) is 0 Å². The second kappa shape index (κ2) is 6.14. The van der Waals surface area contributed by atoms with Crippen LogP contribution >= 0.6 is 0 Å². The molecule has 122 valence electrons. The molecule has 23 heavy (non-hydrogen) atoms. The van der Waals surface area contributed by atoms with Gasteiger partial charge in [0.25, 0.3) is 5.91 Å². The number of amides is 1. The second-order valence-electron chi connectivity index (χ2n) is 6.35. The maximum absolute atomic E-state index is 12.2. The van der Waals surface area contributed by atoms with Gasteiger partial charge in [-0.15, -0.1) is 0 Å². The van der Waals surface area contributed by atoms with Gasteiger partial charge in [0.15, 0.2) is 0 Å². The number of sulfonamides is 1. The van der Waals surface area contributed by atoms with Gasteiger partial charge in [0, 0.05) is 11.3 Å². The lowest BCUT2D eigenvalue weighted by Gasteiger charge is -2.19. The fourth-order valence-electron chi connectivity index (χ4n) is 2.07. The van der Waals surface area contributed by atoms with E-state index in [1.807, 2.05) is 24.3 Å². The molecule has 0 heterocycles. The SMILES string of the molecule is CC(C)(C)c1ccc(NC(=O)c2cccc(S(N)(=O)=O)c2)cc1. The Balaban J connectivity index is 2.20. The normalized spacial score (nSPS) is 12.0. The van der Waals surface area contributed by atoms with E-state index in [1.54, 1.807) is 0 Å². The third kappa shape index (κ3) is 4.40. The van der Waals surface area contributed by atoms with E-state index >= 15 is 0 Å². The Morgan fingerprint density at radius 1 is 1.04 bits per heavy atom. The minimum absolute atomic E-state index is 0.0341. The first-order chi connectivity index (χ1) is 10.6. The second-order valence-corrected chi connectivity index (χ2v) is 7.92. The summed E-state index contributed by atoms with van der Waals surface area (Å²) in [7, 11) is -3.83. The molecular weight excluding hydrogens is 312 g/mol. The number of carbonyl (C=O) groups excluding carboxylic acids is 1. The van der Waals surface area contributed by atoms with Gasteiger partial charge in [-0.2, -0.15) is 0 Å². The molecule has 2 aromatic carbocycles. The van der Waals surface area contributed by atoms with Gasteiger partial charge in [-0.3, -0.25) is 4.79 Å². The van der Waals surface area contributed by atoms with E-state index < -0.39 is 10.0 Å². The lowest BCUT2D eigenvalue weighted by Crippen LogP contribution is -2.16. The predicted octanol–water partition coefficient (Wildman–Crippen LogP) is 2.88. The average molecular weight is 332 g/mol. The molecule has 1 amide bonds. The van der Waals surface area contributed by atoms with Gasteiger partial charge in [0.2, 0.25) is 10.0 Å². The van der Waals surface area contributed by atoms with E-state index in [2.05, 4.69) is 26.1 Å². The molecule has 0 unspecified atom stereocenters. The maximum atomic E-state index is 12.2. The number of primary sulfonamides is 1. The molecule has 0 atom stereocenters. The Hall–Kier alpha value is -2.18. The smallest absolute Gasteiger partial charge is 0.255 e. The minimum atomic E-state index is -3.83. The van der Waals surface area contributed by atoms with E-state index in [4.69, 9.17) is 5.14 Å². The standard InChI is InChI=1S/C17H20N2O3S/c1-17(2,3)13-7-9-14(10-8-13)19-16(20)12-5-4-6-15(11-12)23(18,21)22/h4-11H,1-3H3,(H,19,20)(H2,18,21,22). The Morgan fingerprint density at radius 3 is 2.17 bits per heavy atom. The largest absolute Gasteiger partial charge is 0.322 e. The highest BCUT2D eigenvalue weighted by Crippen LogP contribution is 2.23. The van der Waals surface area contributed by atoms with Crippen LogP contribution in [0.4, 0.5) is 5.69 Å². The van der Waals surface area contributed by atoms with Crippen LogP contribution < -0.4 is 10.5 Å². The first-order valence-corrected chi connectivity index (χ1v) is 8.67. The van der Waals surface area contributed by atoms with Crippen LogP contribution in [0.1, 0.15) is 36.7 Å². The minimum Gasteiger partial charge on any atom is -0.322 e. The molecule has 0 radical (unpaired) electrons. The molecule has 0 aliphatic carbocycles. The number of hydrogen-bond acceptors (Lipinski definition) is 3. The van der Waals surface area contributed by atoms with Gasteiger partial charge < -0.3 is 5.32 Å². The molecule has 0 saturated heterocycles. The molecule has 0 fully saturated rings. The fourth-order valence-corrected chi connectivity index (χ4v) is 2.63. The predicted molar refractivity (Wildman–Crippen MR) is 90.9 cm³/mol. The molecule has 0 bridgehead atoms. The van der Waals surface area contributed by atoms with Crippen molar-refractivity contribution in [3.05, 3.63) is 59.7 Å². The van der Waals surface area contributed by atoms with E-state index in [1.165, 1.54) is 24.3 Å². The third-order valence-electron chi connectivity index (χ3n) is 3.43. The van der Waals surface area contributed by atoms with Crippen LogP contribution in [0.5, 0.6) is 0 Å². The number of benzene rings is 2. The third-order valence-corrected chi connectivity index (χ3v) is 4.34. The van der Waals surface area contributed by atoms with Crippen molar-refractivity contribution in [3.63, 3.8) is 0 Å². The fraction of sp³-hybridized carbons (Fsp3) is 0.235. The summed E-state index contributed by atoms with van der Waals surface area (Å²) in [5, 5.41) is 7.82. The number of anilines is 1. The van der Waals surface area contributed by atoms with Crippen molar-refractivity contribution >= 4 is 21.6 Å². The van der Waals surface area contributed by atoms with Crippen LogP contribution in [0.15, 0.2) is 53.4 Å². The molecule has 3 N–H and O–H groups in total. The number of hydrogen-bond donors (Lipinski definition) is 2. The molecule has 2 rings (SSSR count). The topological polar surface area (TPSA) is 89.3 Å². The van der Waals surface area contributed by atoms with Crippen molar-refractivity contribution in [2.75, 3.05) is 5.32 Å². The quantitative estimate of drug-likeness (QED) is 0.905. The van der Waals surface area contributed by atoms with E-state index in [9.17, 15) is 13.2 Å². The van der Waals surface area contributed by atoms with Crippen LogP contribution in [0.2, 0.25) is 0 Å². The zero-order chi connectivity index (χ0) is 17.3. The molecule has 0 saturated carbocycles. The molecule has 2 aromatic rings. The summed E-state index contributed by atoms with van der Waals surface area (Å²) in [4.78, 5) is 12.1. The van der Waals surface area contributed by atoms with Gasteiger partial charge in [-0.1, -0.05) is 39.0 Å². The van der Waals surface area contributed by atoms with Gasteiger partial charge in [-0.05, 0) is 41.3 Å². The molecule has 5 nitrogen and oxygen atoms in total. The maximum Gasteiger partial charge on any atom is 0.255 e. The van der Waals surface area contributed by atoms with Crippen molar-refractivity contribution in [1.82, 2.24) is 0 Å². The monoisotopic (exact) mass is 332 g/mol. The number of rotatable bonds is 3. The summed E-state index contributed by atoms with van der Waals surface area (Å²) in [5.41, 5.74) is 2.07. The Labute approximate surface area is 136 Å².